The second-order valence-electron chi connectivity index (χ2n) is 6.99. The molecule has 2 aromatic carbocycles. The van der Waals surface area contributed by atoms with E-state index in [1.807, 2.05) is 36.4 Å². The van der Waals surface area contributed by atoms with Crippen LogP contribution in [0.4, 0.5) is 0 Å². The minimum Gasteiger partial charge on any atom is -0.487 e. The summed E-state index contributed by atoms with van der Waals surface area (Å²) in [6.07, 6.45) is 1.85. The summed E-state index contributed by atoms with van der Waals surface area (Å²) < 4.78 is 12.1. The second kappa shape index (κ2) is 8.22. The Morgan fingerprint density at radius 2 is 1.89 bits per heavy atom. The molecule has 1 aliphatic heterocycles. The number of para-hydroxylation sites is 2. The van der Waals surface area contributed by atoms with Gasteiger partial charge in [0.1, 0.15) is 17.1 Å². The average molecular weight is 388 g/mol. The Labute approximate surface area is 165 Å². The van der Waals surface area contributed by atoms with Gasteiger partial charge in [0.15, 0.2) is 6.10 Å². The van der Waals surface area contributed by atoms with E-state index in [2.05, 4.69) is 19.2 Å². The van der Waals surface area contributed by atoms with Gasteiger partial charge in [0, 0.05) is 12.0 Å². The third kappa shape index (κ3) is 4.22. The van der Waals surface area contributed by atoms with Crippen LogP contribution in [0.25, 0.3) is 0 Å². The summed E-state index contributed by atoms with van der Waals surface area (Å²) in [5.74, 6) is 1.18. The van der Waals surface area contributed by atoms with E-state index in [-0.39, 0.29) is 17.6 Å². The molecule has 3 rings (SSSR count). The molecule has 1 aliphatic rings. The molecule has 0 aromatic heterocycles. The average Bonchev–Trinajstić information content (AvgIpc) is 2.69. The monoisotopic (exact) mass is 387 g/mol. The Morgan fingerprint density at radius 1 is 1.22 bits per heavy atom. The van der Waals surface area contributed by atoms with Crippen molar-refractivity contribution in [3.8, 4) is 11.5 Å². The first-order valence-electron chi connectivity index (χ1n) is 9.47. The zero-order chi connectivity index (χ0) is 19.4. The van der Waals surface area contributed by atoms with Crippen molar-refractivity contribution < 1.29 is 14.3 Å². The molecule has 5 heteroatoms. The Bertz CT molecular complexity index is 804. The van der Waals surface area contributed by atoms with Crippen LogP contribution >= 0.6 is 11.6 Å². The topological polar surface area (TPSA) is 47.6 Å². The van der Waals surface area contributed by atoms with Gasteiger partial charge in [-0.2, -0.15) is 0 Å². The van der Waals surface area contributed by atoms with Crippen molar-refractivity contribution in [2.75, 3.05) is 0 Å². The number of fused-ring (bicyclic) bond motifs is 1. The summed E-state index contributed by atoms with van der Waals surface area (Å²) in [7, 11) is 0. The van der Waals surface area contributed by atoms with Gasteiger partial charge in [-0.25, -0.2) is 0 Å². The third-order valence-corrected chi connectivity index (χ3v) is 5.62. The van der Waals surface area contributed by atoms with Crippen LogP contribution in [0.1, 0.15) is 51.6 Å². The highest BCUT2D eigenvalue weighted by Gasteiger charge is 2.39. The summed E-state index contributed by atoms with van der Waals surface area (Å²) in [5, 5.41) is 3.64. The smallest absolute Gasteiger partial charge is 0.261 e. The van der Waals surface area contributed by atoms with Crippen LogP contribution in [-0.2, 0) is 4.79 Å². The van der Waals surface area contributed by atoms with Gasteiger partial charge in [-0.05, 0) is 38.0 Å². The van der Waals surface area contributed by atoms with Crippen molar-refractivity contribution in [2.45, 2.75) is 57.8 Å². The van der Waals surface area contributed by atoms with E-state index >= 15 is 0 Å². The molecule has 0 unspecified atom stereocenters. The van der Waals surface area contributed by atoms with Crippen LogP contribution in [0.2, 0.25) is 5.02 Å². The van der Waals surface area contributed by atoms with Gasteiger partial charge < -0.3 is 14.8 Å². The van der Waals surface area contributed by atoms with Crippen LogP contribution in [-0.4, -0.2) is 17.6 Å². The highest BCUT2D eigenvalue weighted by Crippen LogP contribution is 2.42. The van der Waals surface area contributed by atoms with E-state index in [0.717, 1.165) is 30.6 Å². The first kappa shape index (κ1) is 19.6. The molecule has 4 nitrogen and oxygen atoms in total. The first-order valence-corrected chi connectivity index (χ1v) is 9.85. The molecule has 1 heterocycles. The molecular weight excluding hydrogens is 362 g/mol. The lowest BCUT2D eigenvalue weighted by Gasteiger charge is -2.41. The Morgan fingerprint density at radius 3 is 2.59 bits per heavy atom. The number of amides is 1. The van der Waals surface area contributed by atoms with Crippen LogP contribution in [0.5, 0.6) is 11.5 Å². The van der Waals surface area contributed by atoms with Crippen molar-refractivity contribution in [2.24, 2.45) is 0 Å². The maximum absolute atomic E-state index is 12.8. The van der Waals surface area contributed by atoms with Gasteiger partial charge in [-0.1, -0.05) is 55.8 Å². The van der Waals surface area contributed by atoms with E-state index in [0.29, 0.717) is 10.8 Å². The molecular formula is C22H26ClNO3. The highest BCUT2D eigenvalue weighted by atomic mass is 35.5. The molecule has 144 valence electrons. The summed E-state index contributed by atoms with van der Waals surface area (Å²) in [5.41, 5.74) is 0.743. The fraction of sp³-hybridized carbons (Fsp3) is 0.409. The highest BCUT2D eigenvalue weighted by molar-refractivity contribution is 6.32. The number of carbonyl (C=O) groups is 1. The molecule has 0 aliphatic carbocycles. The van der Waals surface area contributed by atoms with Gasteiger partial charge in [-0.3, -0.25) is 4.79 Å². The standard InChI is InChI=1S/C22H26ClNO3/c1-4-22(5-2)14-18(16-10-6-8-12-19(16)27-22)24-21(25)15(3)26-20-13-9-7-11-17(20)23/h6-13,15,18H,4-5,14H2,1-3H3,(H,24,25)/t15-,18+/m1/s1. The number of carbonyl (C=O) groups excluding carboxylic acids is 1. The van der Waals surface area contributed by atoms with E-state index in [1.165, 1.54) is 0 Å². The molecule has 0 bridgehead atoms. The quantitative estimate of drug-likeness (QED) is 0.731. The minimum atomic E-state index is -0.655. The molecule has 1 N–H and O–H groups in total. The summed E-state index contributed by atoms with van der Waals surface area (Å²) in [6, 6.07) is 15.0. The van der Waals surface area contributed by atoms with E-state index < -0.39 is 6.10 Å². The number of halogens is 1. The molecule has 2 aromatic rings. The zero-order valence-electron chi connectivity index (χ0n) is 16.0. The molecule has 0 saturated heterocycles. The lowest BCUT2D eigenvalue weighted by molar-refractivity contribution is -0.128. The maximum Gasteiger partial charge on any atom is 0.261 e. The van der Waals surface area contributed by atoms with E-state index in [4.69, 9.17) is 21.1 Å². The number of ether oxygens (including phenoxy) is 2. The summed E-state index contributed by atoms with van der Waals surface area (Å²) >= 11 is 6.13. The lowest BCUT2D eigenvalue weighted by Crippen LogP contribution is -2.46. The number of hydrogen-bond donors (Lipinski definition) is 1. The van der Waals surface area contributed by atoms with Crippen LogP contribution in [0.15, 0.2) is 48.5 Å². The van der Waals surface area contributed by atoms with Crippen molar-refractivity contribution >= 4 is 17.5 Å². The fourth-order valence-electron chi connectivity index (χ4n) is 3.50. The predicted octanol–water partition coefficient (Wildman–Crippen LogP) is 5.31. The van der Waals surface area contributed by atoms with Crippen LogP contribution < -0.4 is 14.8 Å². The molecule has 0 saturated carbocycles. The van der Waals surface area contributed by atoms with Crippen LogP contribution in [0.3, 0.4) is 0 Å². The lowest BCUT2D eigenvalue weighted by atomic mass is 9.83. The molecule has 1 amide bonds. The summed E-state index contributed by atoms with van der Waals surface area (Å²) in [6.45, 7) is 5.98. The van der Waals surface area contributed by atoms with E-state index in [9.17, 15) is 4.79 Å². The third-order valence-electron chi connectivity index (χ3n) is 5.31. The molecule has 0 radical (unpaired) electrons. The molecule has 0 spiro atoms. The number of nitrogens with one attached hydrogen (secondary N) is 1. The van der Waals surface area contributed by atoms with Crippen molar-refractivity contribution in [1.82, 2.24) is 5.32 Å². The van der Waals surface area contributed by atoms with Crippen molar-refractivity contribution in [3.63, 3.8) is 0 Å². The zero-order valence-corrected chi connectivity index (χ0v) is 16.8. The molecule has 27 heavy (non-hydrogen) atoms. The fourth-order valence-corrected chi connectivity index (χ4v) is 3.68. The largest absolute Gasteiger partial charge is 0.487 e. The molecule has 0 fully saturated rings. The van der Waals surface area contributed by atoms with Crippen molar-refractivity contribution in [3.05, 3.63) is 59.1 Å². The van der Waals surface area contributed by atoms with Crippen LogP contribution in [0, 0.1) is 0 Å². The van der Waals surface area contributed by atoms with Gasteiger partial charge in [0.05, 0.1) is 11.1 Å². The Hall–Kier alpha value is -2.20. The molecule has 2 atom stereocenters. The SMILES string of the molecule is CCC1(CC)C[C@H](NC(=O)[C@@H](C)Oc2ccccc2Cl)c2ccccc2O1. The van der Waals surface area contributed by atoms with Crippen molar-refractivity contribution in [1.29, 1.82) is 0 Å². The van der Waals surface area contributed by atoms with Gasteiger partial charge >= 0.3 is 0 Å². The Kier molecular flexibility index (Phi) is 5.95. The van der Waals surface area contributed by atoms with Gasteiger partial charge in [0.25, 0.3) is 5.91 Å². The minimum absolute atomic E-state index is 0.111. The number of rotatable bonds is 6. The van der Waals surface area contributed by atoms with Gasteiger partial charge in [-0.15, -0.1) is 0 Å². The predicted molar refractivity (Wildman–Crippen MR) is 107 cm³/mol. The first-order chi connectivity index (χ1) is 13.0. The summed E-state index contributed by atoms with van der Waals surface area (Å²) in [4.78, 5) is 12.8. The second-order valence-corrected chi connectivity index (χ2v) is 7.39. The van der Waals surface area contributed by atoms with E-state index in [1.54, 1.807) is 19.1 Å². The number of benzene rings is 2. The Balaban J connectivity index is 1.77. The van der Waals surface area contributed by atoms with Gasteiger partial charge in [0.2, 0.25) is 0 Å². The maximum atomic E-state index is 12.8. The number of hydrogen-bond acceptors (Lipinski definition) is 3. The normalized spacial score (nSPS) is 18.7.